The number of hydrogen-bond donors (Lipinski definition) is 1. The van der Waals surface area contributed by atoms with E-state index in [1.54, 1.807) is 0 Å². The number of aryl methyl sites for hydroxylation is 2. The average molecular weight is 239 g/mol. The van der Waals surface area contributed by atoms with Crippen LogP contribution < -0.4 is 4.72 Å². The molecule has 0 spiro atoms. The van der Waals surface area contributed by atoms with Crippen molar-refractivity contribution < 1.29 is 8.42 Å². The molecule has 4 heteroatoms. The number of benzene rings is 1. The highest BCUT2D eigenvalue weighted by molar-refractivity contribution is 7.89. The summed E-state index contributed by atoms with van der Waals surface area (Å²) in [6, 6.07) is 3.92. The van der Waals surface area contributed by atoms with Crippen LogP contribution in [0, 0.1) is 0 Å². The molecule has 88 valence electrons. The van der Waals surface area contributed by atoms with E-state index in [1.165, 1.54) is 5.56 Å². The van der Waals surface area contributed by atoms with Crippen molar-refractivity contribution >= 4 is 10.0 Å². The number of fused-ring (bicyclic) bond motifs is 1. The van der Waals surface area contributed by atoms with E-state index in [2.05, 4.69) is 11.6 Å². The summed E-state index contributed by atoms with van der Waals surface area (Å²) in [5.41, 5.74) is 3.07. The molecule has 16 heavy (non-hydrogen) atoms. The Morgan fingerprint density at radius 1 is 1.25 bits per heavy atom. The molecular weight excluding hydrogens is 222 g/mol. The SMILES string of the molecule is CCc1cc(CC)c2c(c1)[C@@H](C)NS2(=O)=O. The Kier molecular flexibility index (Phi) is 2.80. The second kappa shape index (κ2) is 3.86. The fraction of sp³-hybridized carbons (Fsp3) is 0.500. The normalized spacial score (nSPS) is 22.1. The Bertz CT molecular complexity index is 520. The van der Waals surface area contributed by atoms with Gasteiger partial charge in [-0.2, -0.15) is 0 Å². The summed E-state index contributed by atoms with van der Waals surface area (Å²) >= 11 is 0. The van der Waals surface area contributed by atoms with Gasteiger partial charge in [0.25, 0.3) is 0 Å². The molecule has 0 bridgehead atoms. The van der Waals surface area contributed by atoms with Crippen LogP contribution in [0.25, 0.3) is 0 Å². The van der Waals surface area contributed by atoms with Crippen molar-refractivity contribution in [1.29, 1.82) is 0 Å². The maximum atomic E-state index is 11.9. The van der Waals surface area contributed by atoms with Crippen molar-refractivity contribution in [2.45, 2.75) is 44.6 Å². The number of nitrogens with one attached hydrogen (secondary N) is 1. The Morgan fingerprint density at radius 3 is 2.50 bits per heavy atom. The molecule has 1 aromatic carbocycles. The van der Waals surface area contributed by atoms with Crippen LogP contribution in [0.3, 0.4) is 0 Å². The van der Waals surface area contributed by atoms with E-state index in [9.17, 15) is 8.42 Å². The lowest BCUT2D eigenvalue weighted by molar-refractivity contribution is 0.581. The van der Waals surface area contributed by atoms with Crippen LogP contribution in [0.15, 0.2) is 17.0 Å². The quantitative estimate of drug-likeness (QED) is 0.859. The monoisotopic (exact) mass is 239 g/mol. The number of rotatable bonds is 2. The lowest BCUT2D eigenvalue weighted by Gasteiger charge is -2.08. The molecule has 1 aliphatic heterocycles. The first-order valence-corrected chi connectivity index (χ1v) is 7.16. The van der Waals surface area contributed by atoms with Crippen molar-refractivity contribution in [3.63, 3.8) is 0 Å². The maximum Gasteiger partial charge on any atom is 0.241 e. The topological polar surface area (TPSA) is 46.2 Å². The molecule has 1 aromatic rings. The van der Waals surface area contributed by atoms with Gasteiger partial charge >= 0.3 is 0 Å². The third kappa shape index (κ3) is 1.66. The Hall–Kier alpha value is -0.870. The highest BCUT2D eigenvalue weighted by Crippen LogP contribution is 2.34. The summed E-state index contributed by atoms with van der Waals surface area (Å²) in [5, 5.41) is 0. The van der Waals surface area contributed by atoms with Gasteiger partial charge in [-0.1, -0.05) is 26.0 Å². The van der Waals surface area contributed by atoms with Gasteiger partial charge in [0.15, 0.2) is 0 Å². The fourth-order valence-electron chi connectivity index (χ4n) is 2.25. The Morgan fingerprint density at radius 2 is 1.94 bits per heavy atom. The zero-order valence-electron chi connectivity index (χ0n) is 9.87. The van der Waals surface area contributed by atoms with Crippen LogP contribution >= 0.6 is 0 Å². The first-order chi connectivity index (χ1) is 7.49. The molecule has 2 rings (SSSR count). The molecule has 0 radical (unpaired) electrons. The minimum absolute atomic E-state index is 0.100. The van der Waals surface area contributed by atoms with Crippen molar-refractivity contribution in [2.24, 2.45) is 0 Å². The van der Waals surface area contributed by atoms with Gasteiger partial charge in [-0.3, -0.25) is 0 Å². The van der Waals surface area contributed by atoms with E-state index in [1.807, 2.05) is 26.0 Å². The summed E-state index contributed by atoms with van der Waals surface area (Å²) in [4.78, 5) is 0.514. The van der Waals surface area contributed by atoms with E-state index in [0.717, 1.165) is 24.0 Å². The standard InChI is InChI=1S/C12H17NO2S/c1-4-9-6-10(5-2)12-11(7-9)8(3)13-16(12,14)15/h6-8,13H,4-5H2,1-3H3/t8-/m1/s1. The van der Waals surface area contributed by atoms with Crippen LogP contribution in [0.1, 0.15) is 43.5 Å². The minimum atomic E-state index is -3.27. The minimum Gasteiger partial charge on any atom is -0.207 e. The van der Waals surface area contributed by atoms with Crippen molar-refractivity contribution in [1.82, 2.24) is 4.72 Å². The summed E-state index contributed by atoms with van der Waals surface area (Å²) in [5.74, 6) is 0. The molecule has 0 amide bonds. The Balaban J connectivity index is 2.74. The average Bonchev–Trinajstić information content (AvgIpc) is 2.48. The Labute approximate surface area is 96.9 Å². The summed E-state index contributed by atoms with van der Waals surface area (Å²) < 4.78 is 26.5. The van der Waals surface area contributed by atoms with Gasteiger partial charge in [0, 0.05) is 6.04 Å². The van der Waals surface area contributed by atoms with Gasteiger partial charge in [-0.05, 0) is 36.5 Å². The van der Waals surface area contributed by atoms with E-state index in [0.29, 0.717) is 4.90 Å². The third-order valence-corrected chi connectivity index (χ3v) is 4.81. The molecule has 0 aliphatic carbocycles. The van der Waals surface area contributed by atoms with Gasteiger partial charge in [-0.15, -0.1) is 0 Å². The predicted molar refractivity (Wildman–Crippen MR) is 63.9 cm³/mol. The van der Waals surface area contributed by atoms with E-state index >= 15 is 0 Å². The zero-order chi connectivity index (χ0) is 11.9. The predicted octanol–water partition coefficient (Wildman–Crippen LogP) is 2.16. The molecule has 0 saturated carbocycles. The van der Waals surface area contributed by atoms with E-state index < -0.39 is 10.0 Å². The van der Waals surface area contributed by atoms with Crippen LogP contribution in [-0.2, 0) is 22.9 Å². The largest absolute Gasteiger partial charge is 0.241 e. The molecule has 3 nitrogen and oxygen atoms in total. The third-order valence-electron chi connectivity index (χ3n) is 3.11. The van der Waals surface area contributed by atoms with Crippen molar-refractivity contribution in [3.8, 4) is 0 Å². The first-order valence-electron chi connectivity index (χ1n) is 5.67. The smallest absolute Gasteiger partial charge is 0.207 e. The molecule has 1 heterocycles. The van der Waals surface area contributed by atoms with Crippen molar-refractivity contribution in [3.05, 3.63) is 28.8 Å². The molecular formula is C12H17NO2S. The lowest BCUT2D eigenvalue weighted by Crippen LogP contribution is -2.17. The maximum absolute atomic E-state index is 11.9. The first kappa shape index (κ1) is 11.6. The lowest BCUT2D eigenvalue weighted by atomic mass is 9.99. The van der Waals surface area contributed by atoms with E-state index in [-0.39, 0.29) is 6.04 Å². The molecule has 0 fully saturated rings. The van der Waals surface area contributed by atoms with Gasteiger partial charge in [-0.25, -0.2) is 13.1 Å². The molecule has 0 unspecified atom stereocenters. The molecule has 0 aromatic heterocycles. The van der Waals surface area contributed by atoms with Crippen LogP contribution in [-0.4, -0.2) is 8.42 Å². The summed E-state index contributed by atoms with van der Waals surface area (Å²) in [6.45, 7) is 5.97. The van der Waals surface area contributed by atoms with Crippen molar-refractivity contribution in [2.75, 3.05) is 0 Å². The highest BCUT2D eigenvalue weighted by atomic mass is 32.2. The van der Waals surface area contributed by atoms with E-state index in [4.69, 9.17) is 0 Å². The molecule has 1 atom stereocenters. The molecule has 1 aliphatic rings. The molecule has 1 N–H and O–H groups in total. The number of hydrogen-bond acceptors (Lipinski definition) is 2. The van der Waals surface area contributed by atoms with Crippen LogP contribution in [0.2, 0.25) is 0 Å². The highest BCUT2D eigenvalue weighted by Gasteiger charge is 2.33. The zero-order valence-corrected chi connectivity index (χ0v) is 10.7. The van der Waals surface area contributed by atoms with Gasteiger partial charge in [0.05, 0.1) is 4.90 Å². The second-order valence-electron chi connectivity index (χ2n) is 4.22. The molecule has 0 saturated heterocycles. The summed E-state index contributed by atoms with van der Waals surface area (Å²) in [7, 11) is -3.27. The van der Waals surface area contributed by atoms with Gasteiger partial charge < -0.3 is 0 Å². The second-order valence-corrected chi connectivity index (χ2v) is 5.87. The van der Waals surface area contributed by atoms with Gasteiger partial charge in [0.1, 0.15) is 0 Å². The fourth-order valence-corrected chi connectivity index (χ4v) is 4.06. The summed E-state index contributed by atoms with van der Waals surface area (Å²) in [6.07, 6.45) is 1.69. The van der Waals surface area contributed by atoms with Crippen LogP contribution in [0.5, 0.6) is 0 Å². The van der Waals surface area contributed by atoms with Crippen LogP contribution in [0.4, 0.5) is 0 Å². The number of sulfonamides is 1. The van der Waals surface area contributed by atoms with Gasteiger partial charge in [0.2, 0.25) is 10.0 Å².